The molecule has 0 saturated heterocycles. The van der Waals surface area contributed by atoms with E-state index in [9.17, 15) is 13.2 Å². The number of hydrogen-bond acceptors (Lipinski definition) is 4. The van der Waals surface area contributed by atoms with Crippen molar-refractivity contribution in [3.05, 3.63) is 29.8 Å². The smallest absolute Gasteiger partial charge is 0.251 e. The first-order valence-electron chi connectivity index (χ1n) is 7.52. The van der Waals surface area contributed by atoms with E-state index in [1.54, 1.807) is 0 Å². The van der Waals surface area contributed by atoms with Gasteiger partial charge in [0.05, 0.1) is 4.90 Å². The molecule has 1 aliphatic rings. The molecule has 6 nitrogen and oxygen atoms in total. The Morgan fingerprint density at radius 1 is 1.22 bits per heavy atom. The molecule has 1 aromatic rings. The van der Waals surface area contributed by atoms with Crippen molar-refractivity contribution in [2.24, 2.45) is 11.7 Å². The highest BCUT2D eigenvalue weighted by Gasteiger charge is 2.25. The van der Waals surface area contributed by atoms with Gasteiger partial charge in [-0.3, -0.25) is 4.79 Å². The molecule has 0 aromatic heterocycles. The van der Waals surface area contributed by atoms with Crippen LogP contribution in [0.4, 0.5) is 0 Å². The Kier molecular flexibility index (Phi) is 7.47. The van der Waals surface area contributed by atoms with Gasteiger partial charge in [0.1, 0.15) is 0 Å². The van der Waals surface area contributed by atoms with Crippen LogP contribution in [0.2, 0.25) is 0 Å². The van der Waals surface area contributed by atoms with Gasteiger partial charge in [0.15, 0.2) is 0 Å². The standard InChI is InChI=1S/C15H23N3O3S.ClH/c1-17-22(20,21)13-8-6-11(7-9-13)15(19)18-14-5-3-2-4-12(14)10-16;/h6-9,12,14,17H,2-5,10,16H2,1H3,(H,18,19);1H. The maximum atomic E-state index is 12.3. The summed E-state index contributed by atoms with van der Waals surface area (Å²) in [6.07, 6.45) is 4.24. The molecule has 1 amide bonds. The van der Waals surface area contributed by atoms with Gasteiger partial charge in [-0.2, -0.15) is 0 Å². The van der Waals surface area contributed by atoms with E-state index in [0.29, 0.717) is 18.0 Å². The van der Waals surface area contributed by atoms with Gasteiger partial charge in [0.25, 0.3) is 5.91 Å². The van der Waals surface area contributed by atoms with Crippen molar-refractivity contribution in [2.45, 2.75) is 36.6 Å². The Hall–Kier alpha value is -1.15. The quantitative estimate of drug-likeness (QED) is 0.734. The van der Waals surface area contributed by atoms with E-state index < -0.39 is 10.0 Å². The van der Waals surface area contributed by atoms with Crippen LogP contribution in [0, 0.1) is 5.92 Å². The van der Waals surface area contributed by atoms with Crippen LogP contribution in [0.15, 0.2) is 29.2 Å². The number of sulfonamides is 1. The van der Waals surface area contributed by atoms with Gasteiger partial charge in [0.2, 0.25) is 10.0 Å². The minimum atomic E-state index is -3.48. The molecule has 2 unspecified atom stereocenters. The Balaban J connectivity index is 0.00000264. The maximum absolute atomic E-state index is 12.3. The number of amides is 1. The van der Waals surface area contributed by atoms with Crippen LogP contribution >= 0.6 is 12.4 Å². The van der Waals surface area contributed by atoms with Gasteiger partial charge in [-0.1, -0.05) is 12.8 Å². The lowest BCUT2D eigenvalue weighted by Crippen LogP contribution is -2.44. The summed E-state index contributed by atoms with van der Waals surface area (Å²) in [5.74, 6) is 0.139. The zero-order chi connectivity index (χ0) is 16.2. The molecule has 1 aromatic carbocycles. The number of rotatable bonds is 5. The van der Waals surface area contributed by atoms with E-state index in [-0.39, 0.29) is 29.3 Å². The van der Waals surface area contributed by atoms with Crippen LogP contribution in [0.25, 0.3) is 0 Å². The van der Waals surface area contributed by atoms with Crippen LogP contribution in [0.5, 0.6) is 0 Å². The molecule has 2 atom stereocenters. The highest BCUT2D eigenvalue weighted by atomic mass is 35.5. The van der Waals surface area contributed by atoms with Crippen molar-refractivity contribution in [2.75, 3.05) is 13.6 Å². The Bertz CT molecular complexity index is 619. The van der Waals surface area contributed by atoms with Gasteiger partial charge in [-0.05, 0) is 56.6 Å². The number of halogens is 1. The van der Waals surface area contributed by atoms with Crippen LogP contribution in [-0.4, -0.2) is 34.0 Å². The molecular formula is C15H24ClN3O3S. The maximum Gasteiger partial charge on any atom is 0.251 e. The third-order valence-electron chi connectivity index (χ3n) is 4.22. The van der Waals surface area contributed by atoms with Crippen LogP contribution < -0.4 is 15.8 Å². The van der Waals surface area contributed by atoms with E-state index in [0.717, 1.165) is 25.7 Å². The summed E-state index contributed by atoms with van der Waals surface area (Å²) in [5.41, 5.74) is 6.22. The van der Waals surface area contributed by atoms with Gasteiger partial charge in [-0.25, -0.2) is 13.1 Å². The summed E-state index contributed by atoms with van der Waals surface area (Å²) < 4.78 is 25.6. The summed E-state index contributed by atoms with van der Waals surface area (Å²) >= 11 is 0. The van der Waals surface area contributed by atoms with Crippen LogP contribution in [-0.2, 0) is 10.0 Å². The summed E-state index contributed by atoms with van der Waals surface area (Å²) in [4.78, 5) is 12.4. The van der Waals surface area contributed by atoms with Gasteiger partial charge in [-0.15, -0.1) is 12.4 Å². The molecule has 0 aliphatic heterocycles. The molecule has 4 N–H and O–H groups in total. The van der Waals surface area contributed by atoms with Crippen molar-refractivity contribution in [1.82, 2.24) is 10.0 Å². The monoisotopic (exact) mass is 361 g/mol. The molecule has 1 saturated carbocycles. The molecule has 130 valence electrons. The van der Waals surface area contributed by atoms with Crippen LogP contribution in [0.3, 0.4) is 0 Å². The normalized spacial score (nSPS) is 21.3. The van der Waals surface area contributed by atoms with Crippen molar-refractivity contribution in [1.29, 1.82) is 0 Å². The number of nitrogens with one attached hydrogen (secondary N) is 2. The molecule has 0 spiro atoms. The Morgan fingerprint density at radius 2 is 1.83 bits per heavy atom. The fraction of sp³-hybridized carbons (Fsp3) is 0.533. The van der Waals surface area contributed by atoms with Crippen LogP contribution in [0.1, 0.15) is 36.0 Å². The Labute approximate surface area is 143 Å². The topological polar surface area (TPSA) is 101 Å². The largest absolute Gasteiger partial charge is 0.349 e. The molecule has 23 heavy (non-hydrogen) atoms. The third-order valence-corrected chi connectivity index (χ3v) is 5.65. The van der Waals surface area contributed by atoms with Crippen molar-refractivity contribution < 1.29 is 13.2 Å². The van der Waals surface area contributed by atoms with Gasteiger partial charge in [0, 0.05) is 11.6 Å². The number of benzene rings is 1. The highest BCUT2D eigenvalue weighted by molar-refractivity contribution is 7.89. The molecule has 8 heteroatoms. The molecule has 0 bridgehead atoms. The lowest BCUT2D eigenvalue weighted by molar-refractivity contribution is 0.0908. The summed E-state index contributed by atoms with van der Waals surface area (Å²) in [6, 6.07) is 6.02. The summed E-state index contributed by atoms with van der Waals surface area (Å²) in [6.45, 7) is 0.574. The van der Waals surface area contributed by atoms with E-state index >= 15 is 0 Å². The first-order chi connectivity index (χ1) is 10.5. The highest BCUT2D eigenvalue weighted by Crippen LogP contribution is 2.24. The summed E-state index contributed by atoms with van der Waals surface area (Å²) in [5, 5.41) is 3.02. The second kappa shape index (κ2) is 8.63. The van der Waals surface area contributed by atoms with E-state index in [1.807, 2.05) is 0 Å². The second-order valence-electron chi connectivity index (χ2n) is 5.59. The van der Waals surface area contributed by atoms with Gasteiger partial charge >= 0.3 is 0 Å². The van der Waals surface area contributed by atoms with Crippen molar-refractivity contribution in [3.63, 3.8) is 0 Å². The molecule has 1 aliphatic carbocycles. The molecule has 1 fully saturated rings. The van der Waals surface area contributed by atoms with Gasteiger partial charge < -0.3 is 11.1 Å². The molecule has 2 rings (SSSR count). The number of hydrogen-bond donors (Lipinski definition) is 3. The molecular weight excluding hydrogens is 338 g/mol. The average molecular weight is 362 g/mol. The van der Waals surface area contributed by atoms with Crippen molar-refractivity contribution in [3.8, 4) is 0 Å². The first kappa shape index (κ1) is 19.9. The minimum Gasteiger partial charge on any atom is -0.349 e. The fourth-order valence-corrected chi connectivity index (χ4v) is 3.56. The SMILES string of the molecule is CNS(=O)(=O)c1ccc(C(=O)NC2CCCCC2CN)cc1.Cl. The van der Waals surface area contributed by atoms with E-state index in [1.165, 1.54) is 31.3 Å². The fourth-order valence-electron chi connectivity index (χ4n) is 2.83. The first-order valence-corrected chi connectivity index (χ1v) is 9.01. The predicted octanol–water partition coefficient (Wildman–Crippen LogP) is 1.26. The zero-order valence-electron chi connectivity index (χ0n) is 13.1. The number of nitrogens with two attached hydrogens (primary N) is 1. The zero-order valence-corrected chi connectivity index (χ0v) is 14.8. The number of carbonyl (C=O) groups is 1. The van der Waals surface area contributed by atoms with E-state index in [2.05, 4.69) is 10.0 Å². The van der Waals surface area contributed by atoms with Crippen molar-refractivity contribution >= 4 is 28.3 Å². The molecule has 0 heterocycles. The van der Waals surface area contributed by atoms with E-state index in [4.69, 9.17) is 5.73 Å². The predicted molar refractivity (Wildman–Crippen MR) is 92.2 cm³/mol. The number of carbonyl (C=O) groups excluding carboxylic acids is 1. The third kappa shape index (κ3) is 4.91. The summed E-state index contributed by atoms with van der Waals surface area (Å²) in [7, 11) is -2.13. The minimum absolute atomic E-state index is 0. The second-order valence-corrected chi connectivity index (χ2v) is 7.48. The lowest BCUT2D eigenvalue weighted by Gasteiger charge is -2.31. The molecule has 0 radical (unpaired) electrons. The lowest BCUT2D eigenvalue weighted by atomic mass is 9.84. The Morgan fingerprint density at radius 3 is 2.39 bits per heavy atom. The average Bonchev–Trinajstić information content (AvgIpc) is 2.55.